The van der Waals surface area contributed by atoms with Crippen molar-refractivity contribution in [3.05, 3.63) is 0 Å². The van der Waals surface area contributed by atoms with Crippen molar-refractivity contribution in [3.63, 3.8) is 0 Å². The van der Waals surface area contributed by atoms with E-state index in [-0.39, 0.29) is 0 Å². The molecule has 0 radical (unpaired) electrons. The lowest BCUT2D eigenvalue weighted by molar-refractivity contribution is 0.0123. The summed E-state index contributed by atoms with van der Waals surface area (Å²) in [6, 6.07) is 2.19. The van der Waals surface area contributed by atoms with Gasteiger partial charge in [-0.1, -0.05) is 15.9 Å². The minimum absolute atomic E-state index is 0.350. The van der Waals surface area contributed by atoms with Gasteiger partial charge >= 0.3 is 0 Å². The second kappa shape index (κ2) is 6.47. The molecular formula is C11H19BrN2O. The SMILES string of the molecule is CN(CCC#N)CC1(CBr)CCOCC1. The number of rotatable bonds is 5. The maximum absolute atomic E-state index is 8.54. The van der Waals surface area contributed by atoms with E-state index in [9.17, 15) is 0 Å². The first-order chi connectivity index (χ1) is 7.22. The van der Waals surface area contributed by atoms with Crippen LogP contribution in [0.3, 0.4) is 0 Å². The van der Waals surface area contributed by atoms with Gasteiger partial charge in [-0.2, -0.15) is 5.26 Å². The van der Waals surface area contributed by atoms with Crippen LogP contribution in [0.4, 0.5) is 0 Å². The molecule has 1 aliphatic heterocycles. The zero-order chi connectivity index (χ0) is 11.1. The minimum atomic E-state index is 0.350. The summed E-state index contributed by atoms with van der Waals surface area (Å²) < 4.78 is 5.40. The second-order valence-electron chi connectivity index (χ2n) is 4.39. The molecular weight excluding hydrogens is 256 g/mol. The first-order valence-corrected chi connectivity index (χ1v) is 6.54. The number of ether oxygens (including phenoxy) is 1. The molecule has 0 atom stereocenters. The molecule has 0 aromatic heterocycles. The number of alkyl halides is 1. The summed E-state index contributed by atoms with van der Waals surface area (Å²) in [5, 5.41) is 9.56. The van der Waals surface area contributed by atoms with Crippen LogP contribution in [-0.4, -0.2) is 43.6 Å². The maximum atomic E-state index is 8.54. The van der Waals surface area contributed by atoms with Gasteiger partial charge in [0.2, 0.25) is 0 Å². The van der Waals surface area contributed by atoms with Gasteiger partial charge in [-0.3, -0.25) is 0 Å². The van der Waals surface area contributed by atoms with E-state index in [1.807, 2.05) is 0 Å². The fraction of sp³-hybridized carbons (Fsp3) is 0.909. The van der Waals surface area contributed by atoms with Gasteiger partial charge in [0.05, 0.1) is 6.07 Å². The topological polar surface area (TPSA) is 36.3 Å². The highest BCUT2D eigenvalue weighted by Gasteiger charge is 2.32. The largest absolute Gasteiger partial charge is 0.381 e. The predicted molar refractivity (Wildman–Crippen MR) is 64.0 cm³/mol. The number of hydrogen-bond donors (Lipinski definition) is 0. The van der Waals surface area contributed by atoms with Crippen LogP contribution >= 0.6 is 15.9 Å². The quantitative estimate of drug-likeness (QED) is 0.720. The van der Waals surface area contributed by atoms with Crippen molar-refractivity contribution in [1.82, 2.24) is 4.90 Å². The molecule has 0 spiro atoms. The molecule has 86 valence electrons. The lowest BCUT2D eigenvalue weighted by atomic mass is 9.82. The fourth-order valence-electron chi connectivity index (χ4n) is 2.03. The average molecular weight is 275 g/mol. The Morgan fingerprint density at radius 1 is 1.47 bits per heavy atom. The van der Waals surface area contributed by atoms with Gasteiger partial charge in [0.25, 0.3) is 0 Å². The van der Waals surface area contributed by atoms with Crippen molar-refractivity contribution in [1.29, 1.82) is 5.26 Å². The van der Waals surface area contributed by atoms with Crippen LogP contribution in [0.5, 0.6) is 0 Å². The van der Waals surface area contributed by atoms with Gasteiger partial charge in [0.1, 0.15) is 0 Å². The number of nitrogens with zero attached hydrogens (tertiary/aromatic N) is 2. The molecule has 0 bridgehead atoms. The summed E-state index contributed by atoms with van der Waals surface area (Å²) in [6.07, 6.45) is 2.86. The normalized spacial score (nSPS) is 20.1. The summed E-state index contributed by atoms with van der Waals surface area (Å²) in [5.74, 6) is 0. The molecule has 0 N–H and O–H groups in total. The third-order valence-electron chi connectivity index (χ3n) is 3.05. The number of halogens is 1. The molecule has 15 heavy (non-hydrogen) atoms. The van der Waals surface area contributed by atoms with Crippen LogP contribution in [0, 0.1) is 16.7 Å². The Bertz CT molecular complexity index is 221. The molecule has 1 aliphatic rings. The Labute approximate surface area is 101 Å². The molecule has 3 nitrogen and oxygen atoms in total. The molecule has 0 amide bonds. The zero-order valence-electron chi connectivity index (χ0n) is 9.34. The third-order valence-corrected chi connectivity index (χ3v) is 4.24. The first kappa shape index (κ1) is 13.0. The molecule has 0 aromatic carbocycles. The highest BCUT2D eigenvalue weighted by Crippen LogP contribution is 2.33. The van der Waals surface area contributed by atoms with Gasteiger partial charge in [-0.15, -0.1) is 0 Å². The van der Waals surface area contributed by atoms with E-state index in [1.54, 1.807) is 0 Å². The standard InChI is InChI=1S/C11H19BrN2O/c1-14(6-2-5-13)10-11(9-12)3-7-15-8-4-11/h2-4,6-10H2,1H3. The van der Waals surface area contributed by atoms with E-state index in [2.05, 4.69) is 33.9 Å². The van der Waals surface area contributed by atoms with E-state index in [0.717, 1.165) is 44.5 Å². The Hall–Kier alpha value is -0.110. The fourth-order valence-corrected chi connectivity index (χ4v) is 2.77. The molecule has 1 rings (SSSR count). The predicted octanol–water partition coefficient (Wildman–Crippen LogP) is 2.02. The second-order valence-corrected chi connectivity index (χ2v) is 4.95. The lowest BCUT2D eigenvalue weighted by Gasteiger charge is -2.38. The maximum Gasteiger partial charge on any atom is 0.0635 e. The Morgan fingerprint density at radius 2 is 2.13 bits per heavy atom. The highest BCUT2D eigenvalue weighted by atomic mass is 79.9. The van der Waals surface area contributed by atoms with Crippen LogP contribution in [0.1, 0.15) is 19.3 Å². The van der Waals surface area contributed by atoms with E-state index < -0.39 is 0 Å². The van der Waals surface area contributed by atoms with Crippen molar-refractivity contribution >= 4 is 15.9 Å². The van der Waals surface area contributed by atoms with Gasteiger partial charge in [-0.25, -0.2) is 0 Å². The first-order valence-electron chi connectivity index (χ1n) is 5.42. The van der Waals surface area contributed by atoms with E-state index in [0.29, 0.717) is 11.8 Å². The molecule has 1 saturated heterocycles. The zero-order valence-corrected chi connectivity index (χ0v) is 10.9. The van der Waals surface area contributed by atoms with E-state index in [4.69, 9.17) is 10.00 Å². The van der Waals surface area contributed by atoms with Gasteiger partial charge in [0, 0.05) is 38.1 Å². The molecule has 1 heterocycles. The van der Waals surface area contributed by atoms with Crippen molar-refractivity contribution in [2.45, 2.75) is 19.3 Å². The van der Waals surface area contributed by atoms with Gasteiger partial charge in [-0.05, 0) is 25.3 Å². The lowest BCUT2D eigenvalue weighted by Crippen LogP contribution is -2.41. The van der Waals surface area contributed by atoms with Crippen molar-refractivity contribution in [3.8, 4) is 6.07 Å². The summed E-state index contributed by atoms with van der Waals surface area (Å²) >= 11 is 3.62. The van der Waals surface area contributed by atoms with Gasteiger partial charge in [0.15, 0.2) is 0 Å². The smallest absolute Gasteiger partial charge is 0.0635 e. The van der Waals surface area contributed by atoms with Crippen molar-refractivity contribution in [2.75, 3.05) is 38.7 Å². The molecule has 1 fully saturated rings. The van der Waals surface area contributed by atoms with Crippen molar-refractivity contribution in [2.24, 2.45) is 5.41 Å². The summed E-state index contributed by atoms with van der Waals surface area (Å²) in [7, 11) is 2.09. The van der Waals surface area contributed by atoms with E-state index in [1.165, 1.54) is 0 Å². The average Bonchev–Trinajstić information content (AvgIpc) is 2.27. The van der Waals surface area contributed by atoms with Crippen LogP contribution in [0.2, 0.25) is 0 Å². The minimum Gasteiger partial charge on any atom is -0.381 e. The summed E-state index contributed by atoms with van der Waals surface area (Å²) in [6.45, 7) is 3.67. The van der Waals surface area contributed by atoms with Crippen LogP contribution in [0.15, 0.2) is 0 Å². The number of nitriles is 1. The van der Waals surface area contributed by atoms with Gasteiger partial charge < -0.3 is 9.64 Å². The van der Waals surface area contributed by atoms with Crippen LogP contribution in [0.25, 0.3) is 0 Å². The molecule has 0 unspecified atom stereocenters. The van der Waals surface area contributed by atoms with Crippen LogP contribution in [-0.2, 0) is 4.74 Å². The van der Waals surface area contributed by atoms with E-state index >= 15 is 0 Å². The third kappa shape index (κ3) is 4.10. The Balaban J connectivity index is 2.41. The molecule has 0 aromatic rings. The monoisotopic (exact) mass is 274 g/mol. The highest BCUT2D eigenvalue weighted by molar-refractivity contribution is 9.09. The summed E-state index contributed by atoms with van der Waals surface area (Å²) in [5.41, 5.74) is 0.350. The van der Waals surface area contributed by atoms with Crippen molar-refractivity contribution < 1.29 is 4.74 Å². The Kier molecular flexibility index (Phi) is 5.59. The molecule has 0 aliphatic carbocycles. The van der Waals surface area contributed by atoms with Crippen LogP contribution < -0.4 is 0 Å². The Morgan fingerprint density at radius 3 is 2.67 bits per heavy atom. The number of hydrogen-bond acceptors (Lipinski definition) is 3. The molecule has 0 saturated carbocycles. The summed E-state index contributed by atoms with van der Waals surface area (Å²) in [4.78, 5) is 2.26. The molecule has 4 heteroatoms.